The number of allylic oxidation sites excluding steroid dienone is 1. The van der Waals surface area contributed by atoms with Crippen molar-refractivity contribution in [3.63, 3.8) is 0 Å². The number of hydrogen-bond donors (Lipinski definition) is 1. The monoisotopic (exact) mass is 361 g/mol. The van der Waals surface area contributed by atoms with E-state index in [4.69, 9.17) is 5.73 Å². The molecule has 2 N–H and O–H groups in total. The van der Waals surface area contributed by atoms with E-state index in [1.54, 1.807) is 0 Å². The Bertz CT molecular complexity index is 191. The summed E-state index contributed by atoms with van der Waals surface area (Å²) in [7, 11) is 0. The molecule has 18 heavy (non-hydrogen) atoms. The van der Waals surface area contributed by atoms with Crippen molar-refractivity contribution in [3.8, 4) is 0 Å². The van der Waals surface area contributed by atoms with Crippen molar-refractivity contribution >= 4 is 18.4 Å². The number of unbranched alkanes of at least 4 members (excludes halogenated alkanes) is 3. The molecule has 0 aliphatic carbocycles. The van der Waals surface area contributed by atoms with Gasteiger partial charge in [0.15, 0.2) is 0 Å². The molecule has 0 spiro atoms. The summed E-state index contributed by atoms with van der Waals surface area (Å²) in [6.07, 6.45) is 12.7. The van der Waals surface area contributed by atoms with Gasteiger partial charge >= 0.3 is 120 Å². The van der Waals surface area contributed by atoms with Crippen molar-refractivity contribution in [1.29, 1.82) is 0 Å². The van der Waals surface area contributed by atoms with Crippen molar-refractivity contribution in [1.82, 2.24) is 0 Å². The summed E-state index contributed by atoms with van der Waals surface area (Å²) in [5.74, 6) is 0. The van der Waals surface area contributed by atoms with E-state index in [2.05, 4.69) is 39.8 Å². The molecule has 0 fully saturated rings. The van der Waals surface area contributed by atoms with Gasteiger partial charge in [0.1, 0.15) is 0 Å². The quantitative estimate of drug-likeness (QED) is 0.394. The maximum absolute atomic E-state index is 6.59. The average Bonchev–Trinajstić information content (AvgIpc) is 2.38. The van der Waals surface area contributed by atoms with Gasteiger partial charge in [-0.25, -0.2) is 0 Å². The molecule has 0 radical (unpaired) electrons. The molecule has 0 saturated heterocycles. The standard InChI is InChI=1S/C4H8N.3C4H9.Sn/c1-2-3-4-5;3*1-3-4-2;/h2-4H,5H2,1H3;3*1,3-4H2,2H3;/b3-2+;;;;. The number of nitrogens with two attached hydrogens (primary N) is 1. The molecule has 1 atom stereocenters. The zero-order valence-electron chi connectivity index (χ0n) is 13.2. The van der Waals surface area contributed by atoms with Crippen LogP contribution < -0.4 is 5.73 Å². The van der Waals surface area contributed by atoms with E-state index in [0.29, 0.717) is 4.06 Å². The second-order valence-electron chi connectivity index (χ2n) is 5.72. The molecule has 0 aromatic carbocycles. The third kappa shape index (κ3) is 6.60. The number of rotatable bonds is 11. The van der Waals surface area contributed by atoms with Gasteiger partial charge in [-0.2, -0.15) is 0 Å². The van der Waals surface area contributed by atoms with Crippen LogP contribution in [0.5, 0.6) is 0 Å². The Morgan fingerprint density at radius 3 is 1.56 bits per heavy atom. The molecule has 0 aromatic rings. The van der Waals surface area contributed by atoms with Gasteiger partial charge in [-0.3, -0.25) is 0 Å². The molecule has 0 saturated carbocycles. The Balaban J connectivity index is 4.83. The van der Waals surface area contributed by atoms with Gasteiger partial charge in [-0.05, 0) is 0 Å². The third-order valence-corrected chi connectivity index (χ3v) is 20.3. The summed E-state index contributed by atoms with van der Waals surface area (Å²) in [6.45, 7) is 9.07. The van der Waals surface area contributed by atoms with E-state index < -0.39 is 18.4 Å². The van der Waals surface area contributed by atoms with Crippen LogP contribution in [0.25, 0.3) is 0 Å². The molecule has 108 valence electrons. The Morgan fingerprint density at radius 1 is 0.889 bits per heavy atom. The van der Waals surface area contributed by atoms with Crippen LogP contribution in [0.2, 0.25) is 13.3 Å². The van der Waals surface area contributed by atoms with Gasteiger partial charge in [0.2, 0.25) is 0 Å². The Morgan fingerprint density at radius 2 is 1.28 bits per heavy atom. The van der Waals surface area contributed by atoms with Crippen LogP contribution in [0.4, 0.5) is 0 Å². The summed E-state index contributed by atoms with van der Waals surface area (Å²) in [5.41, 5.74) is 6.59. The van der Waals surface area contributed by atoms with Crippen molar-refractivity contribution in [3.05, 3.63) is 12.2 Å². The molecule has 1 unspecified atom stereocenters. The molecular formula is C16H35NSn. The van der Waals surface area contributed by atoms with Crippen LogP contribution in [0, 0.1) is 0 Å². The first kappa shape index (κ1) is 18.5. The van der Waals surface area contributed by atoms with Gasteiger partial charge in [0.05, 0.1) is 0 Å². The fourth-order valence-electron chi connectivity index (χ4n) is 2.87. The molecule has 0 amide bonds. The second-order valence-corrected chi connectivity index (χ2v) is 19.7. The molecule has 0 aliphatic heterocycles. The first-order valence-electron chi connectivity index (χ1n) is 8.05. The van der Waals surface area contributed by atoms with Crippen molar-refractivity contribution < 1.29 is 0 Å². The van der Waals surface area contributed by atoms with Crippen LogP contribution in [-0.2, 0) is 0 Å². The normalized spacial score (nSPS) is 14.3. The van der Waals surface area contributed by atoms with Crippen molar-refractivity contribution in [2.45, 2.75) is 83.6 Å². The average molecular weight is 360 g/mol. The molecular weight excluding hydrogens is 325 g/mol. The van der Waals surface area contributed by atoms with Gasteiger partial charge in [-0.15, -0.1) is 0 Å². The molecule has 0 aliphatic rings. The summed E-state index contributed by atoms with van der Waals surface area (Å²) < 4.78 is 4.98. The van der Waals surface area contributed by atoms with Gasteiger partial charge in [0, 0.05) is 0 Å². The minimum absolute atomic E-state index is 0.453. The zero-order valence-corrected chi connectivity index (χ0v) is 16.0. The fourth-order valence-corrected chi connectivity index (χ4v) is 18.6. The molecule has 2 heteroatoms. The second kappa shape index (κ2) is 11.3. The summed E-state index contributed by atoms with van der Waals surface area (Å²) in [5, 5.41) is 0. The Hall–Kier alpha value is 0.499. The zero-order chi connectivity index (χ0) is 13.9. The first-order chi connectivity index (χ1) is 8.66. The Kier molecular flexibility index (Phi) is 11.6. The van der Waals surface area contributed by atoms with E-state index in [9.17, 15) is 0 Å². The van der Waals surface area contributed by atoms with Gasteiger partial charge in [-0.1, -0.05) is 0 Å². The van der Waals surface area contributed by atoms with E-state index in [-0.39, 0.29) is 0 Å². The first-order valence-corrected chi connectivity index (χ1v) is 15.8. The van der Waals surface area contributed by atoms with Crippen molar-refractivity contribution in [2.24, 2.45) is 5.73 Å². The fraction of sp³-hybridized carbons (Fsp3) is 0.875. The van der Waals surface area contributed by atoms with Crippen LogP contribution in [-0.4, -0.2) is 22.4 Å². The minimum atomic E-state index is -2.14. The van der Waals surface area contributed by atoms with Crippen LogP contribution in [0.3, 0.4) is 0 Å². The predicted octanol–water partition coefficient (Wildman–Crippen LogP) is 5.28. The van der Waals surface area contributed by atoms with Crippen LogP contribution in [0.15, 0.2) is 12.2 Å². The molecule has 0 bridgehead atoms. The third-order valence-electron chi connectivity index (χ3n) is 4.19. The van der Waals surface area contributed by atoms with Crippen LogP contribution >= 0.6 is 0 Å². The molecule has 1 nitrogen and oxygen atoms in total. The van der Waals surface area contributed by atoms with E-state index in [0.717, 1.165) is 0 Å². The SMILES string of the molecule is C/C=C/[CH](N)[Sn]([CH2]CCC)([CH2]CCC)[CH2]CCC. The number of hydrogen-bond acceptors (Lipinski definition) is 1. The van der Waals surface area contributed by atoms with E-state index in [1.165, 1.54) is 51.8 Å². The van der Waals surface area contributed by atoms with Gasteiger partial charge < -0.3 is 0 Å². The predicted molar refractivity (Wildman–Crippen MR) is 87.7 cm³/mol. The van der Waals surface area contributed by atoms with Gasteiger partial charge in [0.25, 0.3) is 0 Å². The van der Waals surface area contributed by atoms with Crippen molar-refractivity contribution in [2.75, 3.05) is 0 Å². The summed E-state index contributed by atoms with van der Waals surface area (Å²) in [6, 6.07) is 0. The summed E-state index contributed by atoms with van der Waals surface area (Å²) in [4.78, 5) is 0. The Labute approximate surface area is 119 Å². The molecule has 0 rings (SSSR count). The van der Waals surface area contributed by atoms with Crippen LogP contribution in [0.1, 0.15) is 66.2 Å². The molecule has 0 aromatic heterocycles. The van der Waals surface area contributed by atoms with E-state index >= 15 is 0 Å². The summed E-state index contributed by atoms with van der Waals surface area (Å²) >= 11 is -2.14. The topological polar surface area (TPSA) is 26.0 Å². The molecule has 0 heterocycles. The van der Waals surface area contributed by atoms with E-state index in [1.807, 2.05) is 0 Å². The maximum atomic E-state index is 6.59.